The van der Waals surface area contributed by atoms with E-state index >= 15 is 0 Å². The number of hydrogen-bond acceptors (Lipinski definition) is 6. The first-order valence-electron chi connectivity index (χ1n) is 8.40. The number of amides is 1. The average molecular weight is 345 g/mol. The van der Waals surface area contributed by atoms with Crippen molar-refractivity contribution < 1.29 is 14.3 Å². The molecule has 0 radical (unpaired) electrons. The van der Waals surface area contributed by atoms with Gasteiger partial charge in [-0.2, -0.15) is 0 Å². The predicted molar refractivity (Wildman–Crippen MR) is 90.2 cm³/mol. The minimum Gasteiger partial charge on any atom is -0.497 e. The number of aromatic nitrogens is 4. The van der Waals surface area contributed by atoms with Crippen molar-refractivity contribution >= 4 is 5.91 Å². The van der Waals surface area contributed by atoms with Crippen molar-refractivity contribution in [3.05, 3.63) is 35.7 Å². The molecule has 2 heterocycles. The van der Waals surface area contributed by atoms with Crippen molar-refractivity contribution in [3.63, 3.8) is 0 Å². The zero-order chi connectivity index (χ0) is 17.6. The maximum Gasteiger partial charge on any atom is 0.245 e. The van der Waals surface area contributed by atoms with Crippen molar-refractivity contribution in [3.8, 4) is 5.75 Å². The van der Waals surface area contributed by atoms with Crippen LogP contribution in [0, 0.1) is 12.8 Å². The fourth-order valence-electron chi connectivity index (χ4n) is 2.95. The summed E-state index contributed by atoms with van der Waals surface area (Å²) in [6.07, 6.45) is 1.46. The summed E-state index contributed by atoms with van der Waals surface area (Å²) in [6, 6.07) is 7.16. The van der Waals surface area contributed by atoms with Gasteiger partial charge in [0, 0.05) is 25.5 Å². The van der Waals surface area contributed by atoms with Crippen LogP contribution in [0.1, 0.15) is 23.9 Å². The Morgan fingerprint density at radius 3 is 3.08 bits per heavy atom. The van der Waals surface area contributed by atoms with Crippen molar-refractivity contribution in [2.24, 2.45) is 5.92 Å². The van der Waals surface area contributed by atoms with Gasteiger partial charge in [-0.15, -0.1) is 5.10 Å². The number of rotatable bonds is 7. The van der Waals surface area contributed by atoms with Crippen LogP contribution in [0.2, 0.25) is 0 Å². The molecule has 1 aromatic heterocycles. The number of tetrazole rings is 1. The van der Waals surface area contributed by atoms with Crippen LogP contribution in [-0.2, 0) is 16.0 Å². The van der Waals surface area contributed by atoms with Crippen molar-refractivity contribution in [1.29, 1.82) is 0 Å². The third kappa shape index (κ3) is 4.33. The number of methoxy groups -OCH3 is 1. The van der Waals surface area contributed by atoms with E-state index in [1.54, 1.807) is 18.7 Å². The lowest BCUT2D eigenvalue weighted by Crippen LogP contribution is -2.37. The fourth-order valence-corrected chi connectivity index (χ4v) is 2.95. The smallest absolute Gasteiger partial charge is 0.245 e. The van der Waals surface area contributed by atoms with Gasteiger partial charge in [0.1, 0.15) is 17.6 Å². The summed E-state index contributed by atoms with van der Waals surface area (Å²) < 4.78 is 12.2. The van der Waals surface area contributed by atoms with E-state index in [0.717, 1.165) is 24.3 Å². The molecule has 1 amide bonds. The molecule has 3 rings (SSSR count). The van der Waals surface area contributed by atoms with Gasteiger partial charge in [0.15, 0.2) is 0 Å². The average Bonchev–Trinajstić information content (AvgIpc) is 3.29. The highest BCUT2D eigenvalue weighted by atomic mass is 16.5. The number of nitrogens with one attached hydrogen (secondary N) is 1. The van der Waals surface area contributed by atoms with E-state index in [4.69, 9.17) is 9.47 Å². The number of benzene rings is 1. The van der Waals surface area contributed by atoms with Crippen LogP contribution in [0.4, 0.5) is 0 Å². The van der Waals surface area contributed by atoms with Gasteiger partial charge >= 0.3 is 0 Å². The Labute approximate surface area is 146 Å². The van der Waals surface area contributed by atoms with Gasteiger partial charge in [-0.05, 0) is 41.5 Å². The van der Waals surface area contributed by atoms with Gasteiger partial charge in [0.25, 0.3) is 0 Å². The van der Waals surface area contributed by atoms with E-state index in [2.05, 4.69) is 20.8 Å². The summed E-state index contributed by atoms with van der Waals surface area (Å²) >= 11 is 0. The molecule has 0 bridgehead atoms. The number of ether oxygens (including phenoxy) is 2. The number of nitrogens with zero attached hydrogens (tertiary/aromatic N) is 4. The Kier molecular flexibility index (Phi) is 5.60. The van der Waals surface area contributed by atoms with Crippen LogP contribution in [0.3, 0.4) is 0 Å². The number of aryl methyl sites for hydroxylation is 1. The van der Waals surface area contributed by atoms with E-state index in [0.29, 0.717) is 31.3 Å². The largest absolute Gasteiger partial charge is 0.497 e. The van der Waals surface area contributed by atoms with Crippen LogP contribution in [-0.4, -0.2) is 53.0 Å². The lowest BCUT2D eigenvalue weighted by Gasteiger charge is -2.19. The van der Waals surface area contributed by atoms with E-state index in [1.807, 2.05) is 24.3 Å². The molecule has 1 N–H and O–H groups in total. The molecule has 8 heteroatoms. The molecule has 134 valence electrons. The van der Waals surface area contributed by atoms with Crippen molar-refractivity contribution in [2.45, 2.75) is 25.8 Å². The van der Waals surface area contributed by atoms with Crippen molar-refractivity contribution in [2.75, 3.05) is 26.9 Å². The fraction of sp³-hybridized carbons (Fsp3) is 0.529. The third-order valence-electron chi connectivity index (χ3n) is 4.41. The van der Waals surface area contributed by atoms with Crippen LogP contribution in [0.15, 0.2) is 24.3 Å². The second-order valence-corrected chi connectivity index (χ2v) is 6.22. The molecule has 0 spiro atoms. The summed E-state index contributed by atoms with van der Waals surface area (Å²) in [5.74, 6) is 1.64. The molecule has 0 aliphatic carbocycles. The molecule has 0 saturated carbocycles. The lowest BCUT2D eigenvalue weighted by molar-refractivity contribution is -0.124. The van der Waals surface area contributed by atoms with Gasteiger partial charge in [-0.1, -0.05) is 12.1 Å². The Balaban J connectivity index is 1.74. The van der Waals surface area contributed by atoms with Crippen LogP contribution >= 0.6 is 0 Å². The number of carbonyl (C=O) groups is 1. The molecule has 2 atom stereocenters. The molecule has 2 aromatic rings. The first-order chi connectivity index (χ1) is 12.2. The minimum absolute atomic E-state index is 0.0925. The Morgan fingerprint density at radius 1 is 1.52 bits per heavy atom. The molecule has 0 unspecified atom stereocenters. The van der Waals surface area contributed by atoms with Crippen LogP contribution < -0.4 is 10.1 Å². The summed E-state index contributed by atoms with van der Waals surface area (Å²) in [5, 5.41) is 14.6. The minimum atomic E-state index is -0.510. The monoisotopic (exact) mass is 345 g/mol. The predicted octanol–water partition coefficient (Wildman–Crippen LogP) is 0.927. The molecular weight excluding hydrogens is 322 g/mol. The first kappa shape index (κ1) is 17.3. The lowest BCUT2D eigenvalue weighted by atomic mass is 10.0. The number of hydrogen-bond donors (Lipinski definition) is 1. The molecule has 1 aromatic carbocycles. The van der Waals surface area contributed by atoms with Crippen LogP contribution in [0.5, 0.6) is 5.75 Å². The molecule has 1 aliphatic rings. The quantitative estimate of drug-likeness (QED) is 0.803. The normalized spacial score (nSPS) is 18.1. The highest BCUT2D eigenvalue weighted by Crippen LogP contribution is 2.20. The summed E-state index contributed by atoms with van der Waals surface area (Å²) in [4.78, 5) is 12.8. The van der Waals surface area contributed by atoms with Gasteiger partial charge in [-0.25, -0.2) is 4.68 Å². The molecular formula is C17H23N5O3. The summed E-state index contributed by atoms with van der Waals surface area (Å²) in [6.45, 7) is 3.86. The summed E-state index contributed by atoms with van der Waals surface area (Å²) in [7, 11) is 1.62. The van der Waals surface area contributed by atoms with E-state index in [-0.39, 0.29) is 5.91 Å². The topological polar surface area (TPSA) is 91.2 Å². The highest BCUT2D eigenvalue weighted by molar-refractivity contribution is 5.80. The molecule has 1 saturated heterocycles. The van der Waals surface area contributed by atoms with Gasteiger partial charge in [0.2, 0.25) is 5.91 Å². The number of carbonyl (C=O) groups excluding carboxylic acids is 1. The molecule has 8 nitrogen and oxygen atoms in total. The van der Waals surface area contributed by atoms with E-state index < -0.39 is 6.04 Å². The van der Waals surface area contributed by atoms with E-state index in [9.17, 15) is 4.79 Å². The van der Waals surface area contributed by atoms with Gasteiger partial charge in [-0.3, -0.25) is 4.79 Å². The zero-order valence-electron chi connectivity index (χ0n) is 14.5. The van der Waals surface area contributed by atoms with E-state index in [1.165, 1.54) is 0 Å². The Morgan fingerprint density at radius 2 is 2.40 bits per heavy atom. The van der Waals surface area contributed by atoms with Crippen LogP contribution in [0.25, 0.3) is 0 Å². The Bertz CT molecular complexity index is 712. The molecule has 1 fully saturated rings. The third-order valence-corrected chi connectivity index (χ3v) is 4.41. The second-order valence-electron chi connectivity index (χ2n) is 6.22. The zero-order valence-corrected chi connectivity index (χ0v) is 14.5. The summed E-state index contributed by atoms with van der Waals surface area (Å²) in [5.41, 5.74) is 0.985. The molecule has 25 heavy (non-hydrogen) atoms. The molecule has 1 aliphatic heterocycles. The van der Waals surface area contributed by atoms with Gasteiger partial charge < -0.3 is 14.8 Å². The second kappa shape index (κ2) is 8.06. The van der Waals surface area contributed by atoms with Gasteiger partial charge in [0.05, 0.1) is 13.7 Å². The maximum absolute atomic E-state index is 12.8. The maximum atomic E-state index is 12.8. The Hall–Kier alpha value is -2.48. The van der Waals surface area contributed by atoms with Crippen molar-refractivity contribution in [1.82, 2.24) is 25.5 Å². The first-order valence-corrected chi connectivity index (χ1v) is 8.40. The standard InChI is InChI=1S/C17H23N5O3/c1-12-19-20-21-22(12)16(9-13-4-3-5-15(8-13)24-2)17(23)18-10-14-6-7-25-11-14/h3-5,8,14,16H,6-7,9-11H2,1-2H3,(H,18,23)/t14-,16+/m0/s1. The highest BCUT2D eigenvalue weighted by Gasteiger charge is 2.25. The SMILES string of the molecule is COc1cccc(C[C@H](C(=O)NC[C@@H]2CCOC2)n2nnnc2C)c1.